The number of benzene rings is 6. The van der Waals surface area contributed by atoms with E-state index in [2.05, 4.69) is 26.3 Å². The van der Waals surface area contributed by atoms with Gasteiger partial charge in [0.25, 0.3) is 0 Å². The van der Waals surface area contributed by atoms with Crippen molar-refractivity contribution in [3.05, 3.63) is 217 Å². The zero-order valence-electron chi connectivity index (χ0n) is 49.6. The van der Waals surface area contributed by atoms with Crippen LogP contribution in [-0.4, -0.2) is 101 Å². The molecular weight excluding hydrogens is 1150 g/mol. The van der Waals surface area contributed by atoms with E-state index in [1.165, 1.54) is 6.07 Å². The molecule has 0 aliphatic carbocycles. The molecule has 0 heterocycles. The molecule has 0 N–H and O–H groups in total. The van der Waals surface area contributed by atoms with Crippen LogP contribution in [0, 0.1) is 13.8 Å². The molecule has 0 saturated heterocycles. The van der Waals surface area contributed by atoms with Crippen LogP contribution in [0.4, 0.5) is 0 Å². The van der Waals surface area contributed by atoms with Gasteiger partial charge in [0.05, 0.1) is 75.1 Å². The summed E-state index contributed by atoms with van der Waals surface area (Å²) < 4.78 is 64.1. The fraction of sp³-hybridized carbons (Fsp3) is 0.246. The summed E-state index contributed by atoms with van der Waals surface area (Å²) in [4.78, 5) is 94.7. The molecule has 0 unspecified atom stereocenters. The molecule has 0 fully saturated rings. The molecule has 0 aromatic heterocycles. The van der Waals surface area contributed by atoms with E-state index in [0.717, 1.165) is 50.0 Å². The Balaban J connectivity index is 0.000000325. The van der Waals surface area contributed by atoms with Gasteiger partial charge in [-0.3, -0.25) is 0 Å². The maximum Gasteiger partial charge on any atom is 0.343 e. The highest BCUT2D eigenvalue weighted by atomic mass is 16.6. The number of hydrogen-bond acceptors (Lipinski definition) is 20. The van der Waals surface area contributed by atoms with Gasteiger partial charge in [-0.15, -0.1) is 0 Å². The minimum atomic E-state index is -0.563. The summed E-state index contributed by atoms with van der Waals surface area (Å²) in [5.41, 5.74) is 2.55. The zero-order chi connectivity index (χ0) is 64.2. The van der Waals surface area contributed by atoms with Crippen molar-refractivity contribution < 1.29 is 95.2 Å². The van der Waals surface area contributed by atoms with E-state index in [1.807, 2.05) is 0 Å². The number of unbranched alkanes of at least 4 members (excludes halogenated alkanes) is 3. The number of rotatable bonds is 35. The highest BCUT2D eigenvalue weighted by Crippen LogP contribution is 2.28. The molecule has 6 aromatic carbocycles. The summed E-state index contributed by atoms with van der Waals surface area (Å²) in [7, 11) is 0. The molecule has 20 heteroatoms. The number of aryl methyl sites for hydroxylation is 2. The normalized spacial score (nSPS) is 10.2. The molecule has 6 rings (SSSR count). The Bertz CT molecular complexity index is 3350. The Kier molecular flexibility index (Phi) is 29.7. The van der Waals surface area contributed by atoms with Crippen LogP contribution >= 0.6 is 0 Å². The lowest BCUT2D eigenvalue weighted by Gasteiger charge is -2.11. The lowest BCUT2D eigenvalue weighted by atomic mass is 10.2. The summed E-state index contributed by atoms with van der Waals surface area (Å²) >= 11 is 0. The summed E-state index contributed by atoms with van der Waals surface area (Å²) in [6.45, 7) is 19.4. The van der Waals surface area contributed by atoms with Gasteiger partial charge in [0.15, 0.2) is 0 Å². The van der Waals surface area contributed by atoms with Crippen molar-refractivity contribution >= 4 is 47.8 Å². The minimum absolute atomic E-state index is 0.218. The predicted octanol–water partition coefficient (Wildman–Crippen LogP) is 12.0. The average molecular weight is 1220 g/mol. The molecule has 0 aliphatic rings. The first kappa shape index (κ1) is 69.0. The van der Waals surface area contributed by atoms with Crippen molar-refractivity contribution in [1.29, 1.82) is 0 Å². The van der Waals surface area contributed by atoms with Crippen LogP contribution in [0.25, 0.3) is 0 Å². The summed E-state index contributed by atoms with van der Waals surface area (Å²) in [5.74, 6) is -0.505. The Morgan fingerprint density at radius 1 is 0.292 bits per heavy atom. The van der Waals surface area contributed by atoms with Crippen molar-refractivity contribution in [2.24, 2.45) is 0 Å². The second-order valence-corrected chi connectivity index (χ2v) is 18.9. The fourth-order valence-corrected chi connectivity index (χ4v) is 7.42. The smallest absolute Gasteiger partial charge is 0.343 e. The summed E-state index contributed by atoms with van der Waals surface area (Å²) in [6, 6.07) is 35.5. The lowest BCUT2D eigenvalue weighted by molar-refractivity contribution is -0.138. The second kappa shape index (κ2) is 38.3. The van der Waals surface area contributed by atoms with Crippen molar-refractivity contribution in [1.82, 2.24) is 0 Å². The van der Waals surface area contributed by atoms with Gasteiger partial charge in [0.2, 0.25) is 0 Å². The van der Waals surface area contributed by atoms with Crippen LogP contribution in [-0.2, 0) is 38.1 Å². The van der Waals surface area contributed by atoms with Crippen LogP contribution in [0.5, 0.6) is 46.0 Å². The molecule has 20 nitrogen and oxygen atoms in total. The van der Waals surface area contributed by atoms with Gasteiger partial charge in [-0.2, -0.15) is 0 Å². The third kappa shape index (κ3) is 25.8. The second-order valence-electron chi connectivity index (χ2n) is 18.9. The topological polar surface area (TPSA) is 247 Å². The van der Waals surface area contributed by atoms with Gasteiger partial charge in [0, 0.05) is 43.6 Å². The monoisotopic (exact) mass is 1220 g/mol. The standard InChI is InChI=1S/C36H38O10.C33H32O10/c1-4-33(37)43-22-9-7-6-8-21-41-29-17-13-28(14-18-29)36(40)46-32-20-19-31(25-26(32)3)45-35(39)27-11-15-30(16-12-27)42-23-10-24-44-34(38)5-2;1-4-30(34)40-20-6-18-38-26-12-8-24(9-13-26)32(36)42-28-16-17-29(23(3)22-28)43-33(37)25-10-14-27(15-11-25)39-19-7-21-41-31(35)5-2/h4-5,11-20,25H,1-2,6-10,21-24H2,3H3;4-5,8-17,22H,1-2,6-7,18-21H2,3H3. The first-order valence-electron chi connectivity index (χ1n) is 28.3. The summed E-state index contributed by atoms with van der Waals surface area (Å²) in [5, 5.41) is 0. The predicted molar refractivity (Wildman–Crippen MR) is 327 cm³/mol. The van der Waals surface area contributed by atoms with Crippen LogP contribution < -0.4 is 37.9 Å². The van der Waals surface area contributed by atoms with Gasteiger partial charge >= 0.3 is 47.8 Å². The molecule has 0 radical (unpaired) electrons. The number of ether oxygens (including phenoxy) is 12. The van der Waals surface area contributed by atoms with Crippen LogP contribution in [0.15, 0.2) is 184 Å². The van der Waals surface area contributed by atoms with Crippen LogP contribution in [0.1, 0.15) is 97.5 Å². The third-order valence-corrected chi connectivity index (χ3v) is 12.1. The van der Waals surface area contributed by atoms with E-state index in [4.69, 9.17) is 56.8 Å². The van der Waals surface area contributed by atoms with E-state index < -0.39 is 47.8 Å². The molecule has 466 valence electrons. The number of carbonyl (C=O) groups is 8. The van der Waals surface area contributed by atoms with Gasteiger partial charge in [-0.1, -0.05) is 26.3 Å². The first-order chi connectivity index (χ1) is 43.1. The molecule has 0 saturated carbocycles. The zero-order valence-corrected chi connectivity index (χ0v) is 49.6. The van der Waals surface area contributed by atoms with Crippen molar-refractivity contribution in [3.8, 4) is 46.0 Å². The Morgan fingerprint density at radius 3 is 0.798 bits per heavy atom. The molecule has 0 aliphatic heterocycles. The number of esters is 8. The van der Waals surface area contributed by atoms with Crippen molar-refractivity contribution in [2.75, 3.05) is 52.9 Å². The number of carbonyl (C=O) groups excluding carboxylic acids is 8. The Hall–Kier alpha value is -10.8. The van der Waals surface area contributed by atoms with Crippen LogP contribution in [0.3, 0.4) is 0 Å². The molecule has 89 heavy (non-hydrogen) atoms. The number of hydrogen-bond donors (Lipinski definition) is 0. The first-order valence-corrected chi connectivity index (χ1v) is 28.3. The highest BCUT2D eigenvalue weighted by Gasteiger charge is 2.17. The van der Waals surface area contributed by atoms with Gasteiger partial charge in [-0.25, -0.2) is 38.4 Å². The molecular formula is C69H70O20. The van der Waals surface area contributed by atoms with E-state index in [9.17, 15) is 38.4 Å². The summed E-state index contributed by atoms with van der Waals surface area (Å²) in [6.07, 6.45) is 9.48. The lowest BCUT2D eigenvalue weighted by Crippen LogP contribution is -2.11. The van der Waals surface area contributed by atoms with Crippen molar-refractivity contribution in [3.63, 3.8) is 0 Å². The SMILES string of the molecule is C=CC(=O)OCCCCCCOc1ccc(C(=O)Oc2ccc(OC(=O)c3ccc(OCCCOC(=O)C=C)cc3)cc2C)cc1.C=CC(=O)OCCCOc1ccc(C(=O)Oc2ccc(OC(=O)c3ccc(OCCCOC(=O)C=C)cc3)c(C)c2)cc1. The Labute approximate surface area is 516 Å². The van der Waals surface area contributed by atoms with Crippen LogP contribution in [0.2, 0.25) is 0 Å². The van der Waals surface area contributed by atoms with E-state index in [1.54, 1.807) is 141 Å². The molecule has 0 amide bonds. The van der Waals surface area contributed by atoms with E-state index in [0.29, 0.717) is 126 Å². The van der Waals surface area contributed by atoms with E-state index in [-0.39, 0.29) is 25.6 Å². The highest BCUT2D eigenvalue weighted by molar-refractivity contribution is 5.93. The minimum Gasteiger partial charge on any atom is -0.494 e. The molecule has 0 bridgehead atoms. The van der Waals surface area contributed by atoms with Gasteiger partial charge in [0.1, 0.15) is 46.0 Å². The van der Waals surface area contributed by atoms with E-state index >= 15 is 0 Å². The maximum atomic E-state index is 12.7. The third-order valence-electron chi connectivity index (χ3n) is 12.1. The Morgan fingerprint density at radius 2 is 0.528 bits per heavy atom. The molecule has 6 aromatic rings. The average Bonchev–Trinajstić information content (AvgIpc) is 2.78. The molecule has 0 atom stereocenters. The maximum absolute atomic E-state index is 12.7. The van der Waals surface area contributed by atoms with Gasteiger partial charge in [-0.05, 0) is 184 Å². The van der Waals surface area contributed by atoms with Gasteiger partial charge < -0.3 is 56.8 Å². The largest absolute Gasteiger partial charge is 0.494 e. The van der Waals surface area contributed by atoms with Crippen molar-refractivity contribution in [2.45, 2.75) is 58.8 Å². The fourth-order valence-electron chi connectivity index (χ4n) is 7.42. The quantitative estimate of drug-likeness (QED) is 0.0118. The molecule has 0 spiro atoms.